The van der Waals surface area contributed by atoms with Gasteiger partial charge in [-0.1, -0.05) is 53.0 Å². The molecule has 0 aromatic heterocycles. The van der Waals surface area contributed by atoms with Gasteiger partial charge in [0.15, 0.2) is 0 Å². The van der Waals surface area contributed by atoms with Gasteiger partial charge in [-0.2, -0.15) is 0 Å². The van der Waals surface area contributed by atoms with Gasteiger partial charge in [-0.3, -0.25) is 4.79 Å². The van der Waals surface area contributed by atoms with E-state index in [4.69, 9.17) is 34.8 Å². The average molecular weight is 395 g/mol. The number of halogens is 3. The van der Waals surface area contributed by atoms with Crippen molar-refractivity contribution in [3.05, 3.63) is 68.7 Å². The van der Waals surface area contributed by atoms with Crippen molar-refractivity contribution >= 4 is 40.7 Å². The first kappa shape index (κ1) is 17.2. The normalized spacial score (nSPS) is 28.5. The smallest absolute Gasteiger partial charge is 0.223 e. The zero-order valence-electron chi connectivity index (χ0n) is 13.5. The van der Waals surface area contributed by atoms with E-state index in [-0.39, 0.29) is 29.6 Å². The summed E-state index contributed by atoms with van der Waals surface area (Å²) >= 11 is 18.7. The first-order valence-corrected chi connectivity index (χ1v) is 9.66. The molecule has 2 nitrogen and oxygen atoms in total. The summed E-state index contributed by atoms with van der Waals surface area (Å²) in [7, 11) is 0. The molecule has 2 fully saturated rings. The number of amides is 1. The zero-order chi connectivity index (χ0) is 17.6. The van der Waals surface area contributed by atoms with Crippen LogP contribution in [0.5, 0.6) is 0 Å². The molecular weight excluding hydrogens is 377 g/mol. The Morgan fingerprint density at radius 1 is 0.880 bits per heavy atom. The largest absolute Gasteiger partial charge is 0.356 e. The number of benzene rings is 2. The minimum absolute atomic E-state index is 0.0861. The average Bonchev–Trinajstić information content (AvgIpc) is 2.97. The molecule has 4 atom stereocenters. The van der Waals surface area contributed by atoms with E-state index in [1.165, 1.54) is 5.56 Å². The van der Waals surface area contributed by atoms with E-state index in [2.05, 4.69) is 17.4 Å². The molecule has 25 heavy (non-hydrogen) atoms. The molecule has 1 heterocycles. The lowest BCUT2D eigenvalue weighted by Crippen LogP contribution is -2.32. The van der Waals surface area contributed by atoms with Gasteiger partial charge in [-0.15, -0.1) is 0 Å². The maximum atomic E-state index is 12.2. The molecule has 2 aromatic carbocycles. The van der Waals surface area contributed by atoms with Crippen LogP contribution in [0.25, 0.3) is 0 Å². The molecule has 2 aromatic rings. The molecule has 1 N–H and O–H groups in total. The molecule has 1 aliphatic carbocycles. The summed E-state index contributed by atoms with van der Waals surface area (Å²) in [6.07, 6.45) is 1.83. The van der Waals surface area contributed by atoms with Gasteiger partial charge in [-0.25, -0.2) is 0 Å². The van der Waals surface area contributed by atoms with E-state index in [0.717, 1.165) is 30.0 Å². The Morgan fingerprint density at radius 2 is 1.56 bits per heavy atom. The Hall–Kier alpha value is -1.22. The maximum absolute atomic E-state index is 12.2. The van der Waals surface area contributed by atoms with Gasteiger partial charge in [0.1, 0.15) is 0 Å². The minimum atomic E-state index is 0.0861. The molecule has 0 radical (unpaired) electrons. The van der Waals surface area contributed by atoms with Crippen molar-refractivity contribution in [2.45, 2.75) is 24.7 Å². The number of rotatable bonds is 2. The molecule has 1 aliphatic heterocycles. The van der Waals surface area contributed by atoms with Gasteiger partial charge >= 0.3 is 0 Å². The summed E-state index contributed by atoms with van der Waals surface area (Å²) in [5, 5.41) is 5.11. The highest BCUT2D eigenvalue weighted by atomic mass is 35.5. The van der Waals surface area contributed by atoms with E-state index in [9.17, 15) is 4.79 Å². The summed E-state index contributed by atoms with van der Waals surface area (Å²) in [6, 6.07) is 13.7. The van der Waals surface area contributed by atoms with Crippen LogP contribution in [0.4, 0.5) is 0 Å². The molecule has 1 saturated carbocycles. The van der Waals surface area contributed by atoms with E-state index in [1.807, 2.05) is 30.3 Å². The van der Waals surface area contributed by atoms with Crippen molar-refractivity contribution in [1.29, 1.82) is 0 Å². The minimum Gasteiger partial charge on any atom is -0.356 e. The third-order valence-electron chi connectivity index (χ3n) is 5.67. The van der Waals surface area contributed by atoms with Crippen LogP contribution < -0.4 is 5.32 Å². The lowest BCUT2D eigenvalue weighted by atomic mass is 9.63. The third kappa shape index (κ3) is 3.16. The van der Waals surface area contributed by atoms with E-state index in [0.29, 0.717) is 10.0 Å². The highest BCUT2D eigenvalue weighted by Crippen LogP contribution is 2.52. The van der Waals surface area contributed by atoms with Crippen molar-refractivity contribution in [2.75, 3.05) is 6.54 Å². The van der Waals surface area contributed by atoms with E-state index in [1.54, 1.807) is 0 Å². The van der Waals surface area contributed by atoms with Crippen LogP contribution >= 0.6 is 34.8 Å². The summed E-state index contributed by atoms with van der Waals surface area (Å²) in [5.41, 5.74) is 2.33. The van der Waals surface area contributed by atoms with Crippen LogP contribution in [0.2, 0.25) is 15.1 Å². The second-order valence-corrected chi connectivity index (χ2v) is 8.22. The number of fused-ring (bicyclic) bond motifs is 1. The highest BCUT2D eigenvalue weighted by molar-refractivity contribution is 6.35. The van der Waals surface area contributed by atoms with Crippen molar-refractivity contribution in [3.8, 4) is 0 Å². The molecule has 0 spiro atoms. The molecule has 0 bridgehead atoms. The Kier molecular flexibility index (Phi) is 4.70. The summed E-state index contributed by atoms with van der Waals surface area (Å²) in [4.78, 5) is 12.2. The van der Waals surface area contributed by atoms with Gasteiger partial charge in [0.05, 0.1) is 0 Å². The molecule has 1 amide bonds. The van der Waals surface area contributed by atoms with Crippen molar-refractivity contribution < 1.29 is 4.79 Å². The van der Waals surface area contributed by atoms with Gasteiger partial charge in [0, 0.05) is 27.5 Å². The fourth-order valence-electron chi connectivity index (χ4n) is 4.56. The topological polar surface area (TPSA) is 29.1 Å². The van der Waals surface area contributed by atoms with Crippen molar-refractivity contribution in [1.82, 2.24) is 5.32 Å². The quantitative estimate of drug-likeness (QED) is 0.698. The second-order valence-electron chi connectivity index (χ2n) is 6.94. The second kappa shape index (κ2) is 6.83. The van der Waals surface area contributed by atoms with E-state index >= 15 is 0 Å². The first-order valence-electron chi connectivity index (χ1n) is 8.52. The lowest BCUT2D eigenvalue weighted by molar-refractivity contribution is -0.123. The molecule has 4 rings (SSSR count). The SMILES string of the molecule is O=C1NCC2C(c3ccc(Cl)cc3)[C@H](c3ccc(Cl)cc3Cl)CC[C@@H]12. The predicted molar refractivity (Wildman–Crippen MR) is 103 cm³/mol. The number of nitrogens with one attached hydrogen (secondary N) is 1. The van der Waals surface area contributed by atoms with Crippen LogP contribution in [-0.4, -0.2) is 12.5 Å². The summed E-state index contributed by atoms with van der Waals surface area (Å²) < 4.78 is 0. The highest BCUT2D eigenvalue weighted by Gasteiger charge is 2.47. The lowest BCUT2D eigenvalue weighted by Gasteiger charge is -2.40. The van der Waals surface area contributed by atoms with Crippen LogP contribution in [0.15, 0.2) is 42.5 Å². The molecule has 130 valence electrons. The van der Waals surface area contributed by atoms with Gasteiger partial charge in [0.25, 0.3) is 0 Å². The molecule has 1 saturated heterocycles. The Labute approximate surface area is 162 Å². The Bertz CT molecular complexity index is 805. The zero-order valence-corrected chi connectivity index (χ0v) is 15.8. The number of carbonyl (C=O) groups is 1. The fourth-order valence-corrected chi connectivity index (χ4v) is 5.24. The Balaban J connectivity index is 1.78. The first-order chi connectivity index (χ1) is 12.0. The van der Waals surface area contributed by atoms with Crippen LogP contribution in [-0.2, 0) is 4.79 Å². The molecule has 2 unspecified atom stereocenters. The standard InChI is InChI=1S/C20H18Cl3NO/c21-12-3-1-11(2-4-12)19-15(14-6-5-13(22)9-18(14)23)7-8-16-17(19)10-24-20(16)25/h1-6,9,15-17,19H,7-8,10H2,(H,24,25)/t15-,16+,17?,19?/m0/s1. The number of carbonyl (C=O) groups excluding carboxylic acids is 1. The predicted octanol–water partition coefficient (Wildman–Crippen LogP) is 5.67. The Morgan fingerprint density at radius 3 is 2.28 bits per heavy atom. The van der Waals surface area contributed by atoms with E-state index < -0.39 is 0 Å². The number of hydrogen-bond donors (Lipinski definition) is 1. The molecule has 5 heteroatoms. The molecular formula is C20H18Cl3NO. The summed E-state index contributed by atoms with van der Waals surface area (Å²) in [5.74, 6) is 1.04. The van der Waals surface area contributed by atoms with Crippen molar-refractivity contribution in [3.63, 3.8) is 0 Å². The van der Waals surface area contributed by atoms with Gasteiger partial charge in [0.2, 0.25) is 5.91 Å². The summed E-state index contributed by atoms with van der Waals surface area (Å²) in [6.45, 7) is 0.721. The van der Waals surface area contributed by atoms with Crippen LogP contribution in [0, 0.1) is 11.8 Å². The third-order valence-corrected chi connectivity index (χ3v) is 6.48. The van der Waals surface area contributed by atoms with Crippen LogP contribution in [0.1, 0.15) is 35.8 Å². The maximum Gasteiger partial charge on any atom is 0.223 e. The van der Waals surface area contributed by atoms with Gasteiger partial charge in [-0.05, 0) is 66.0 Å². The van der Waals surface area contributed by atoms with Crippen molar-refractivity contribution in [2.24, 2.45) is 11.8 Å². The number of hydrogen-bond acceptors (Lipinski definition) is 1. The molecule has 2 aliphatic rings. The fraction of sp³-hybridized carbons (Fsp3) is 0.350. The van der Waals surface area contributed by atoms with Crippen LogP contribution in [0.3, 0.4) is 0 Å². The monoisotopic (exact) mass is 393 g/mol. The van der Waals surface area contributed by atoms with Gasteiger partial charge < -0.3 is 5.32 Å².